The van der Waals surface area contributed by atoms with Crippen molar-refractivity contribution < 1.29 is 13.5 Å². The molecule has 0 aromatic carbocycles. The topological polar surface area (TPSA) is 75.4 Å². The number of aliphatic hydroxyl groups is 1. The molecule has 0 saturated heterocycles. The van der Waals surface area contributed by atoms with E-state index in [-0.39, 0.29) is 5.02 Å². The third kappa shape index (κ3) is 3.52. The first-order chi connectivity index (χ1) is 8.98. The number of aliphatic hydroxyl groups excluding tert-OH is 1. The third-order valence-electron chi connectivity index (χ3n) is 3.47. The van der Waals surface area contributed by atoms with Crippen molar-refractivity contribution in [1.82, 2.24) is 14.7 Å². The number of hydrogen-bond donors (Lipinski definition) is 1. The summed E-state index contributed by atoms with van der Waals surface area (Å²) in [6.45, 7) is 4.18. The summed E-state index contributed by atoms with van der Waals surface area (Å²) in [7, 11) is 0.384. The zero-order chi connectivity index (χ0) is 15.7. The Morgan fingerprint density at radius 1 is 1.50 bits per heavy atom. The fourth-order valence-corrected chi connectivity index (χ4v) is 2.41. The fraction of sp³-hybridized carbons (Fsp3) is 0.750. The molecule has 20 heavy (non-hydrogen) atoms. The number of aromatic nitrogens is 2. The van der Waals surface area contributed by atoms with E-state index >= 15 is 0 Å². The smallest absolute Gasteiger partial charge is 0.155 e. The Morgan fingerprint density at radius 3 is 2.50 bits per heavy atom. The zero-order valence-corrected chi connectivity index (χ0v) is 14.0. The Bertz CT molecular complexity index is 567. The molecule has 1 N–H and O–H groups in total. The summed E-state index contributed by atoms with van der Waals surface area (Å²) >= 11 is 6.06. The first-order valence-corrected chi connectivity index (χ1v) is 8.49. The van der Waals surface area contributed by atoms with Crippen molar-refractivity contribution >= 4 is 21.4 Å². The molecule has 6 nitrogen and oxygen atoms in total. The van der Waals surface area contributed by atoms with E-state index in [1.54, 1.807) is 4.68 Å². The van der Waals surface area contributed by atoms with Gasteiger partial charge in [-0.25, -0.2) is 8.42 Å². The summed E-state index contributed by atoms with van der Waals surface area (Å²) < 4.78 is 23.9. The van der Waals surface area contributed by atoms with Gasteiger partial charge in [-0.15, -0.1) is 0 Å². The molecule has 0 radical (unpaired) electrons. The fourth-order valence-electron chi connectivity index (χ4n) is 1.65. The van der Waals surface area contributed by atoms with Gasteiger partial charge in [-0.3, -0.25) is 4.68 Å². The van der Waals surface area contributed by atoms with Crippen LogP contribution in [0.15, 0.2) is 6.20 Å². The van der Waals surface area contributed by atoms with E-state index in [4.69, 9.17) is 11.6 Å². The largest absolute Gasteiger partial charge is 0.385 e. The first kappa shape index (κ1) is 17.4. The van der Waals surface area contributed by atoms with E-state index in [1.807, 2.05) is 19.0 Å². The molecule has 0 saturated carbocycles. The zero-order valence-electron chi connectivity index (χ0n) is 12.5. The van der Waals surface area contributed by atoms with Crippen LogP contribution in [0, 0.1) is 0 Å². The highest BCUT2D eigenvalue weighted by Crippen LogP contribution is 2.35. The molecule has 116 valence electrons. The highest BCUT2D eigenvalue weighted by molar-refractivity contribution is 7.92. The van der Waals surface area contributed by atoms with Gasteiger partial charge < -0.3 is 10.0 Å². The molecule has 1 rings (SSSR count). The van der Waals surface area contributed by atoms with Gasteiger partial charge in [-0.05, 0) is 27.9 Å². The van der Waals surface area contributed by atoms with Crippen LogP contribution in [-0.4, -0.2) is 59.8 Å². The SMILES string of the molecule is CN(C)CCn1ncc(Cl)c1C(O)C(C)(C)S(C)(=O)=O. The summed E-state index contributed by atoms with van der Waals surface area (Å²) in [6.07, 6.45) is 1.29. The normalized spacial score (nSPS) is 14.8. The minimum absolute atomic E-state index is 0.271. The molecule has 0 aliphatic carbocycles. The summed E-state index contributed by atoms with van der Waals surface area (Å²) in [5, 5.41) is 14.8. The van der Waals surface area contributed by atoms with E-state index in [0.29, 0.717) is 18.8 Å². The lowest BCUT2D eigenvalue weighted by molar-refractivity contribution is 0.128. The van der Waals surface area contributed by atoms with E-state index in [0.717, 1.165) is 6.26 Å². The van der Waals surface area contributed by atoms with Crippen molar-refractivity contribution in [3.8, 4) is 0 Å². The second kappa shape index (κ2) is 6.01. The molecule has 0 fully saturated rings. The second-order valence-corrected chi connectivity index (χ2v) is 8.69. The summed E-state index contributed by atoms with van der Waals surface area (Å²) in [4.78, 5) is 1.97. The van der Waals surface area contributed by atoms with E-state index in [1.165, 1.54) is 20.0 Å². The van der Waals surface area contributed by atoms with Gasteiger partial charge in [-0.2, -0.15) is 5.10 Å². The molecule has 8 heteroatoms. The number of likely N-dealkylation sites (N-methyl/N-ethyl adjacent to an activating group) is 1. The monoisotopic (exact) mass is 323 g/mol. The molecule has 0 aliphatic heterocycles. The molecule has 0 amide bonds. The highest BCUT2D eigenvalue weighted by atomic mass is 35.5. The van der Waals surface area contributed by atoms with Crippen LogP contribution in [-0.2, 0) is 16.4 Å². The summed E-state index contributed by atoms with van der Waals surface area (Å²) in [6, 6.07) is 0. The van der Waals surface area contributed by atoms with Gasteiger partial charge in [0, 0.05) is 12.8 Å². The molecule has 1 aromatic rings. The Kier molecular flexibility index (Phi) is 5.23. The average molecular weight is 324 g/mol. The predicted molar refractivity (Wildman–Crippen MR) is 79.7 cm³/mol. The minimum Gasteiger partial charge on any atom is -0.385 e. The van der Waals surface area contributed by atoms with Gasteiger partial charge in [0.25, 0.3) is 0 Å². The predicted octanol–water partition coefficient (Wildman–Crippen LogP) is 0.955. The van der Waals surface area contributed by atoms with Crippen LogP contribution in [0.3, 0.4) is 0 Å². The summed E-state index contributed by atoms with van der Waals surface area (Å²) in [5.41, 5.74) is 0.337. The lowest BCUT2D eigenvalue weighted by Crippen LogP contribution is -2.39. The number of halogens is 1. The molecular formula is C12H22ClN3O3S. The van der Waals surface area contributed by atoms with E-state index in [9.17, 15) is 13.5 Å². The van der Waals surface area contributed by atoms with E-state index in [2.05, 4.69) is 5.10 Å². The van der Waals surface area contributed by atoms with Gasteiger partial charge in [-0.1, -0.05) is 11.6 Å². The minimum atomic E-state index is -3.45. The van der Waals surface area contributed by atoms with Gasteiger partial charge in [0.15, 0.2) is 9.84 Å². The molecule has 1 atom stereocenters. The second-order valence-electron chi connectivity index (χ2n) is 5.68. The standard InChI is InChI=1S/C12H22ClN3O3S/c1-12(2,20(5,18)19)11(17)10-9(13)8-14-16(10)7-6-15(3)4/h8,11,17H,6-7H2,1-5H3. The van der Waals surface area contributed by atoms with Crippen LogP contribution in [0.2, 0.25) is 5.02 Å². The molecule has 1 unspecified atom stereocenters. The maximum absolute atomic E-state index is 11.8. The lowest BCUT2D eigenvalue weighted by atomic mass is 10.0. The van der Waals surface area contributed by atoms with Crippen molar-refractivity contribution in [3.63, 3.8) is 0 Å². The quantitative estimate of drug-likeness (QED) is 0.843. The Labute approximate surface area is 125 Å². The van der Waals surface area contributed by atoms with Gasteiger partial charge >= 0.3 is 0 Å². The number of hydrogen-bond acceptors (Lipinski definition) is 5. The molecule has 1 heterocycles. The number of sulfone groups is 1. The third-order valence-corrected chi connectivity index (χ3v) is 5.89. The van der Waals surface area contributed by atoms with Crippen molar-refractivity contribution in [2.75, 3.05) is 26.9 Å². The molecule has 1 aromatic heterocycles. The molecule has 0 spiro atoms. The number of nitrogens with zero attached hydrogens (tertiary/aromatic N) is 3. The summed E-state index contributed by atoms with van der Waals surface area (Å²) in [5.74, 6) is 0. The van der Waals surface area contributed by atoms with Gasteiger partial charge in [0.05, 0.1) is 28.2 Å². The Hall–Kier alpha value is -0.630. The van der Waals surface area contributed by atoms with Gasteiger partial charge in [0.1, 0.15) is 6.10 Å². The average Bonchev–Trinajstić information content (AvgIpc) is 2.65. The van der Waals surface area contributed by atoms with Crippen molar-refractivity contribution in [2.45, 2.75) is 31.2 Å². The lowest BCUT2D eigenvalue weighted by Gasteiger charge is -2.29. The maximum Gasteiger partial charge on any atom is 0.155 e. The van der Waals surface area contributed by atoms with Crippen molar-refractivity contribution in [3.05, 3.63) is 16.9 Å². The van der Waals surface area contributed by atoms with Crippen LogP contribution >= 0.6 is 11.6 Å². The Morgan fingerprint density at radius 2 is 2.05 bits per heavy atom. The van der Waals surface area contributed by atoms with Gasteiger partial charge in [0.2, 0.25) is 0 Å². The molecule has 0 aliphatic rings. The van der Waals surface area contributed by atoms with Crippen LogP contribution in [0.1, 0.15) is 25.6 Å². The van der Waals surface area contributed by atoms with E-state index < -0.39 is 20.7 Å². The van der Waals surface area contributed by atoms with Crippen LogP contribution < -0.4 is 0 Å². The molecule has 0 bridgehead atoms. The molecular weight excluding hydrogens is 302 g/mol. The van der Waals surface area contributed by atoms with Crippen molar-refractivity contribution in [1.29, 1.82) is 0 Å². The number of rotatable bonds is 6. The first-order valence-electron chi connectivity index (χ1n) is 6.22. The van der Waals surface area contributed by atoms with Crippen molar-refractivity contribution in [2.24, 2.45) is 0 Å². The Balaban J connectivity index is 3.16. The highest BCUT2D eigenvalue weighted by Gasteiger charge is 2.41. The maximum atomic E-state index is 11.8. The van der Waals surface area contributed by atoms with Crippen LogP contribution in [0.25, 0.3) is 0 Å². The van der Waals surface area contributed by atoms with Crippen LogP contribution in [0.4, 0.5) is 0 Å². The van der Waals surface area contributed by atoms with Crippen LogP contribution in [0.5, 0.6) is 0 Å².